The molecule has 0 aliphatic carbocycles. The van der Waals surface area contributed by atoms with Gasteiger partial charge < -0.3 is 5.21 Å². The Morgan fingerprint density at radius 2 is 1.96 bits per heavy atom. The summed E-state index contributed by atoms with van der Waals surface area (Å²) in [5, 5.41) is 12.2. The summed E-state index contributed by atoms with van der Waals surface area (Å²) in [5.41, 5.74) is -1.63. The van der Waals surface area contributed by atoms with Gasteiger partial charge in [0.2, 0.25) is 5.95 Å². The van der Waals surface area contributed by atoms with E-state index in [1.165, 1.54) is 12.1 Å². The third kappa shape index (κ3) is 2.84. The Hall–Kier alpha value is -2.48. The van der Waals surface area contributed by atoms with Crippen molar-refractivity contribution >= 4 is 32.5 Å². The molecule has 2 aromatic heterocycles. The number of hydrogen-bond acceptors (Lipinski definition) is 4. The molecule has 0 spiro atoms. The van der Waals surface area contributed by atoms with Crippen LogP contribution in [0.1, 0.15) is 11.1 Å². The van der Waals surface area contributed by atoms with Gasteiger partial charge in [-0.15, -0.1) is 0 Å². The number of benzene rings is 1. The number of nitrogens with zero attached hydrogens (tertiary/aromatic N) is 3. The molecular weight excluding hydrogens is 387 g/mol. The zero-order chi connectivity index (χ0) is 17.3. The van der Waals surface area contributed by atoms with Crippen LogP contribution < -0.4 is 0 Å². The van der Waals surface area contributed by atoms with Gasteiger partial charge in [-0.1, -0.05) is 17.3 Å². The van der Waals surface area contributed by atoms with E-state index in [1.54, 1.807) is 18.3 Å². The van der Waals surface area contributed by atoms with Gasteiger partial charge in [0, 0.05) is 27.8 Å². The first-order chi connectivity index (χ1) is 11.4. The Kier molecular flexibility index (Phi) is 4.23. The molecule has 8 heteroatoms. The molecule has 0 fully saturated rings. The average molecular weight is 396 g/mol. The van der Waals surface area contributed by atoms with E-state index in [0.29, 0.717) is 10.9 Å². The van der Waals surface area contributed by atoms with Crippen molar-refractivity contribution in [1.29, 1.82) is 0 Å². The van der Waals surface area contributed by atoms with E-state index >= 15 is 0 Å². The van der Waals surface area contributed by atoms with Crippen molar-refractivity contribution in [2.24, 2.45) is 5.16 Å². The van der Waals surface area contributed by atoms with E-state index in [9.17, 15) is 13.2 Å². The number of rotatable bonds is 3. The topological polar surface area (TPSA) is 58.4 Å². The quantitative estimate of drug-likeness (QED) is 0.307. The van der Waals surface area contributed by atoms with Gasteiger partial charge in [-0.25, -0.2) is 4.98 Å². The molecule has 24 heavy (non-hydrogen) atoms. The number of fused-ring (bicyclic) bond motifs is 1. The van der Waals surface area contributed by atoms with Gasteiger partial charge in [-0.05, 0) is 40.2 Å². The summed E-state index contributed by atoms with van der Waals surface area (Å²) in [6.45, 7) is 0. The summed E-state index contributed by atoms with van der Waals surface area (Å²) in [6, 6.07) is 8.11. The largest absolute Gasteiger partial charge is 0.410 e. The van der Waals surface area contributed by atoms with Crippen molar-refractivity contribution < 1.29 is 18.4 Å². The number of hydrogen-bond donors (Lipinski definition) is 1. The Balaban J connectivity index is 2.14. The Morgan fingerprint density at radius 1 is 1.17 bits per heavy atom. The van der Waals surface area contributed by atoms with Crippen LogP contribution in [0.15, 0.2) is 58.4 Å². The van der Waals surface area contributed by atoms with Crippen molar-refractivity contribution in [1.82, 2.24) is 9.97 Å². The summed E-state index contributed by atoms with van der Waals surface area (Å²) >= 11 is 3.03. The summed E-state index contributed by atoms with van der Waals surface area (Å²) in [7, 11) is 0. The van der Waals surface area contributed by atoms with E-state index in [0.717, 1.165) is 18.3 Å². The van der Waals surface area contributed by atoms with Gasteiger partial charge in [0.25, 0.3) is 0 Å². The zero-order valence-electron chi connectivity index (χ0n) is 11.9. The van der Waals surface area contributed by atoms with Crippen LogP contribution in [0, 0.1) is 5.95 Å². The number of pyridine rings is 2. The predicted molar refractivity (Wildman–Crippen MR) is 85.9 cm³/mol. The van der Waals surface area contributed by atoms with Crippen molar-refractivity contribution in [2.45, 2.75) is 5.92 Å². The molecule has 0 atom stereocenters. The summed E-state index contributed by atoms with van der Waals surface area (Å²) in [6.07, 6.45) is 2.66. The summed E-state index contributed by atoms with van der Waals surface area (Å²) < 4.78 is 43.8. The van der Waals surface area contributed by atoms with Crippen molar-refractivity contribution in [3.63, 3.8) is 0 Å². The smallest absolute Gasteiger partial charge is 0.318 e. The summed E-state index contributed by atoms with van der Waals surface area (Å²) in [5.74, 6) is -4.89. The molecule has 3 aromatic rings. The monoisotopic (exact) mass is 395 g/mol. The van der Waals surface area contributed by atoms with Crippen LogP contribution in [-0.2, 0) is 5.92 Å². The van der Waals surface area contributed by atoms with Crippen molar-refractivity contribution in [2.75, 3.05) is 0 Å². The SMILES string of the molecule is O/N=C(/c1cc(Br)cnc1F)C(F)(F)c1ccc2ncccc2c1. The fourth-order valence-corrected chi connectivity index (χ4v) is 2.61. The molecule has 2 heterocycles. The molecule has 0 radical (unpaired) electrons. The van der Waals surface area contributed by atoms with Crippen LogP contribution in [0.4, 0.5) is 13.2 Å². The molecular formula is C16H9BrF3N3O. The lowest BCUT2D eigenvalue weighted by Crippen LogP contribution is -2.28. The van der Waals surface area contributed by atoms with E-state index in [1.807, 2.05) is 0 Å². The highest BCUT2D eigenvalue weighted by molar-refractivity contribution is 9.10. The molecule has 4 nitrogen and oxygen atoms in total. The Morgan fingerprint density at radius 3 is 2.71 bits per heavy atom. The molecule has 122 valence electrons. The Labute approximate surface area is 142 Å². The predicted octanol–water partition coefficient (Wildman–Crippen LogP) is 4.50. The average Bonchev–Trinajstić information content (AvgIpc) is 2.58. The highest BCUT2D eigenvalue weighted by Gasteiger charge is 2.41. The highest BCUT2D eigenvalue weighted by Crippen LogP contribution is 2.35. The van der Waals surface area contributed by atoms with Crippen LogP contribution in [0.2, 0.25) is 0 Å². The van der Waals surface area contributed by atoms with Gasteiger partial charge in [0.1, 0.15) is 0 Å². The molecule has 0 saturated carbocycles. The minimum atomic E-state index is -3.73. The lowest BCUT2D eigenvalue weighted by molar-refractivity contribution is 0.0722. The van der Waals surface area contributed by atoms with Gasteiger partial charge in [-0.2, -0.15) is 13.2 Å². The third-order valence-corrected chi connectivity index (χ3v) is 3.86. The molecule has 3 rings (SSSR count). The van der Waals surface area contributed by atoms with Crippen molar-refractivity contribution in [3.8, 4) is 0 Å². The van der Waals surface area contributed by atoms with Crippen LogP contribution >= 0.6 is 15.9 Å². The fourth-order valence-electron chi connectivity index (χ4n) is 2.28. The first kappa shape index (κ1) is 16.4. The van der Waals surface area contributed by atoms with E-state index in [2.05, 4.69) is 31.1 Å². The minimum Gasteiger partial charge on any atom is -0.410 e. The molecule has 0 aliphatic heterocycles. The third-order valence-electron chi connectivity index (χ3n) is 3.42. The number of oxime groups is 1. The van der Waals surface area contributed by atoms with E-state index in [4.69, 9.17) is 5.21 Å². The number of alkyl halides is 2. The highest BCUT2D eigenvalue weighted by atomic mass is 79.9. The molecule has 1 N–H and O–H groups in total. The Bertz CT molecular complexity index is 947. The first-order valence-electron chi connectivity index (χ1n) is 6.70. The number of aromatic nitrogens is 2. The first-order valence-corrected chi connectivity index (χ1v) is 7.50. The van der Waals surface area contributed by atoms with Crippen molar-refractivity contribution in [3.05, 3.63) is 70.3 Å². The normalized spacial score (nSPS) is 12.6. The second-order valence-electron chi connectivity index (χ2n) is 4.93. The molecule has 0 amide bonds. The lowest BCUT2D eigenvalue weighted by atomic mass is 9.97. The van der Waals surface area contributed by atoms with Crippen LogP contribution in [0.3, 0.4) is 0 Å². The van der Waals surface area contributed by atoms with Gasteiger partial charge in [0.15, 0.2) is 5.71 Å². The minimum absolute atomic E-state index is 0.276. The summed E-state index contributed by atoms with van der Waals surface area (Å²) in [4.78, 5) is 7.41. The second-order valence-corrected chi connectivity index (χ2v) is 5.84. The standard InChI is InChI=1S/C16H9BrF3N3O/c17-11-7-12(15(18)22-8-11)14(23-24)16(19,20)10-3-4-13-9(6-10)2-1-5-21-13/h1-8,24H/b23-14-. The second kappa shape index (κ2) is 6.20. The molecule has 0 bridgehead atoms. The fraction of sp³-hybridized carbons (Fsp3) is 0.0625. The van der Waals surface area contributed by atoms with E-state index in [-0.39, 0.29) is 4.47 Å². The molecule has 1 aromatic carbocycles. The molecule has 0 aliphatic rings. The van der Waals surface area contributed by atoms with Crippen LogP contribution in [-0.4, -0.2) is 20.9 Å². The van der Waals surface area contributed by atoms with E-state index < -0.39 is 28.7 Å². The van der Waals surface area contributed by atoms with Crippen LogP contribution in [0.5, 0.6) is 0 Å². The van der Waals surface area contributed by atoms with Gasteiger partial charge >= 0.3 is 5.92 Å². The van der Waals surface area contributed by atoms with Gasteiger partial charge in [-0.3, -0.25) is 4.98 Å². The molecule has 0 unspecified atom stereocenters. The number of halogens is 4. The maximum Gasteiger partial charge on any atom is 0.318 e. The van der Waals surface area contributed by atoms with Crippen LogP contribution in [0.25, 0.3) is 10.9 Å². The maximum atomic E-state index is 14.8. The molecule has 0 saturated heterocycles. The maximum absolute atomic E-state index is 14.8. The zero-order valence-corrected chi connectivity index (χ0v) is 13.5. The van der Waals surface area contributed by atoms with Gasteiger partial charge in [0.05, 0.1) is 11.1 Å². The lowest BCUT2D eigenvalue weighted by Gasteiger charge is -2.19.